The van der Waals surface area contributed by atoms with Gasteiger partial charge in [0.2, 0.25) is 0 Å². The Labute approximate surface area is 178 Å². The molecular formula is C21H25ClN4O4. The number of rotatable bonds is 2. The van der Waals surface area contributed by atoms with Crippen LogP contribution in [0.15, 0.2) is 17.1 Å². The molecule has 4 aliphatic carbocycles. The lowest BCUT2D eigenvalue weighted by atomic mass is 9.53. The molecule has 0 radical (unpaired) electrons. The van der Waals surface area contributed by atoms with Crippen LogP contribution in [-0.2, 0) is 4.74 Å². The third kappa shape index (κ3) is 2.87. The van der Waals surface area contributed by atoms with Crippen molar-refractivity contribution in [2.75, 3.05) is 13.1 Å². The predicted molar refractivity (Wildman–Crippen MR) is 109 cm³/mol. The van der Waals surface area contributed by atoms with Crippen molar-refractivity contribution < 1.29 is 14.6 Å². The molecule has 4 unspecified atom stereocenters. The lowest BCUT2D eigenvalue weighted by Gasteiger charge is -2.57. The molecule has 1 saturated heterocycles. The van der Waals surface area contributed by atoms with E-state index in [2.05, 4.69) is 9.97 Å². The average molecular weight is 433 g/mol. The second kappa shape index (κ2) is 6.47. The topological polar surface area (TPSA) is 100 Å². The first-order chi connectivity index (χ1) is 14.4. The van der Waals surface area contributed by atoms with Crippen LogP contribution in [0, 0.1) is 17.8 Å². The number of likely N-dealkylation sites (tertiary alicyclic amines) is 1. The number of aromatic amines is 1. The van der Waals surface area contributed by atoms with Crippen molar-refractivity contribution in [2.45, 2.75) is 56.3 Å². The van der Waals surface area contributed by atoms with Crippen molar-refractivity contribution in [3.05, 3.63) is 27.8 Å². The van der Waals surface area contributed by atoms with Gasteiger partial charge in [-0.15, -0.1) is 0 Å². The summed E-state index contributed by atoms with van der Waals surface area (Å²) < 4.78 is 7.63. The van der Waals surface area contributed by atoms with Crippen molar-refractivity contribution >= 4 is 28.9 Å². The van der Waals surface area contributed by atoms with Gasteiger partial charge in [0.05, 0.1) is 22.2 Å². The zero-order valence-electron chi connectivity index (χ0n) is 16.6. The largest absolute Gasteiger partial charge is 0.446 e. The third-order valence-corrected chi connectivity index (χ3v) is 7.91. The van der Waals surface area contributed by atoms with E-state index in [4.69, 9.17) is 16.3 Å². The molecule has 3 heterocycles. The van der Waals surface area contributed by atoms with Gasteiger partial charge in [0, 0.05) is 19.3 Å². The van der Waals surface area contributed by atoms with Crippen LogP contribution < -0.4 is 5.69 Å². The minimum Gasteiger partial charge on any atom is -0.446 e. The van der Waals surface area contributed by atoms with Crippen molar-refractivity contribution in [1.29, 1.82) is 0 Å². The lowest BCUT2D eigenvalue weighted by Crippen LogP contribution is -2.58. The van der Waals surface area contributed by atoms with Gasteiger partial charge in [0.15, 0.2) is 5.65 Å². The zero-order chi connectivity index (χ0) is 20.6. The highest BCUT2D eigenvalue weighted by atomic mass is 35.5. The normalized spacial score (nSPS) is 37.3. The van der Waals surface area contributed by atoms with E-state index >= 15 is 0 Å². The summed E-state index contributed by atoms with van der Waals surface area (Å²) in [6, 6.07) is 1.54. The molecule has 0 aromatic carbocycles. The number of halogens is 1. The van der Waals surface area contributed by atoms with Gasteiger partial charge in [0.25, 0.3) is 0 Å². The summed E-state index contributed by atoms with van der Waals surface area (Å²) >= 11 is 5.98. The molecule has 9 heteroatoms. The molecule has 1 aliphatic heterocycles. The Hall–Kier alpha value is -2.06. The summed E-state index contributed by atoms with van der Waals surface area (Å²) in [5, 5.41) is 11.2. The van der Waals surface area contributed by atoms with Gasteiger partial charge in [-0.05, 0) is 62.3 Å². The standard InChI is InChI=1S/C21H25ClN4O4/c22-14-5-16-18(23-9-14)26(19(27)24-16)15-1-2-25(10-15)20(28)30-17-12-3-11-4-13(17)8-21(29,6-11)7-12/h5,9,11-13,15,17,29H,1-4,6-8,10H2,(H,24,27)/t11?,12-,13?,15+,17?,21?/m0/s1. The molecule has 2 aromatic rings. The zero-order valence-corrected chi connectivity index (χ0v) is 17.3. The highest BCUT2D eigenvalue weighted by Crippen LogP contribution is 2.56. The number of ether oxygens (including phenoxy) is 1. The number of carbonyl (C=O) groups is 1. The Bertz CT molecular complexity index is 1060. The summed E-state index contributed by atoms with van der Waals surface area (Å²) in [5.74, 6) is 1.12. The fourth-order valence-electron chi connectivity index (χ4n) is 6.76. The molecule has 2 N–H and O–H groups in total. The smallest absolute Gasteiger partial charge is 0.410 e. The van der Waals surface area contributed by atoms with Gasteiger partial charge in [-0.3, -0.25) is 4.57 Å². The molecule has 30 heavy (non-hydrogen) atoms. The van der Waals surface area contributed by atoms with Gasteiger partial charge >= 0.3 is 11.8 Å². The number of fused-ring (bicyclic) bond motifs is 1. The van der Waals surface area contributed by atoms with E-state index < -0.39 is 5.60 Å². The number of pyridine rings is 1. The maximum absolute atomic E-state index is 12.9. The minimum absolute atomic E-state index is 0.0898. The van der Waals surface area contributed by atoms with Crippen LogP contribution in [0.2, 0.25) is 5.02 Å². The van der Waals surface area contributed by atoms with Crippen LogP contribution in [0.1, 0.15) is 44.6 Å². The van der Waals surface area contributed by atoms with Crippen molar-refractivity contribution in [2.24, 2.45) is 17.8 Å². The number of aliphatic hydroxyl groups is 1. The average Bonchev–Trinajstić information content (AvgIpc) is 3.26. The van der Waals surface area contributed by atoms with Gasteiger partial charge in [-0.2, -0.15) is 0 Å². The molecule has 5 aliphatic rings. The molecule has 160 valence electrons. The molecule has 7 rings (SSSR count). The number of H-pyrrole nitrogens is 1. The Balaban J connectivity index is 1.17. The SMILES string of the molecule is O=C(OC1C2CC3C[C@H]1CC(O)(C3)C2)N1CC[C@@H](n2c(=O)[nH]c3cc(Cl)cnc32)C1. The fraction of sp³-hybridized carbons (Fsp3) is 0.667. The van der Waals surface area contributed by atoms with Gasteiger partial charge < -0.3 is 19.7 Å². The van der Waals surface area contributed by atoms with Crippen molar-refractivity contribution in [3.63, 3.8) is 0 Å². The maximum atomic E-state index is 12.9. The first-order valence-electron chi connectivity index (χ1n) is 10.8. The molecule has 5 fully saturated rings. The number of carbonyl (C=O) groups excluding carboxylic acids is 1. The number of nitrogens with one attached hydrogen (secondary N) is 1. The van der Waals surface area contributed by atoms with Crippen molar-refractivity contribution in [3.8, 4) is 0 Å². The van der Waals surface area contributed by atoms with E-state index in [1.807, 2.05) is 0 Å². The molecule has 6 atom stereocenters. The maximum Gasteiger partial charge on any atom is 0.410 e. The summed E-state index contributed by atoms with van der Waals surface area (Å²) in [6.07, 6.45) is 6.32. The molecular weight excluding hydrogens is 408 g/mol. The number of aromatic nitrogens is 3. The summed E-state index contributed by atoms with van der Waals surface area (Å²) in [6.45, 7) is 0.968. The van der Waals surface area contributed by atoms with Crippen LogP contribution in [0.4, 0.5) is 4.79 Å². The van der Waals surface area contributed by atoms with Crippen molar-refractivity contribution in [1.82, 2.24) is 19.4 Å². The third-order valence-electron chi connectivity index (χ3n) is 7.70. The quantitative estimate of drug-likeness (QED) is 0.759. The summed E-state index contributed by atoms with van der Waals surface area (Å²) in [5.41, 5.74) is 0.373. The number of amides is 1. The molecule has 2 aromatic heterocycles. The highest BCUT2D eigenvalue weighted by molar-refractivity contribution is 6.31. The van der Waals surface area contributed by atoms with Crippen LogP contribution >= 0.6 is 11.6 Å². The molecule has 1 amide bonds. The Morgan fingerprint density at radius 3 is 2.80 bits per heavy atom. The molecule has 0 spiro atoms. The van der Waals surface area contributed by atoms with E-state index in [0.29, 0.717) is 41.6 Å². The first-order valence-corrected chi connectivity index (χ1v) is 11.2. The second-order valence-corrected chi connectivity index (χ2v) is 10.2. The van der Waals surface area contributed by atoms with Crippen LogP contribution in [0.5, 0.6) is 0 Å². The van der Waals surface area contributed by atoms with E-state index in [0.717, 1.165) is 32.1 Å². The second-order valence-electron chi connectivity index (χ2n) is 9.76. The Morgan fingerprint density at radius 1 is 1.30 bits per heavy atom. The number of hydrogen-bond donors (Lipinski definition) is 2. The predicted octanol–water partition coefficient (Wildman–Crippen LogP) is 2.70. The molecule has 4 bridgehead atoms. The van der Waals surface area contributed by atoms with Gasteiger partial charge in [-0.25, -0.2) is 14.6 Å². The first kappa shape index (κ1) is 18.7. The van der Waals surface area contributed by atoms with E-state index in [1.165, 1.54) is 6.20 Å². The number of imidazole rings is 1. The molecule has 4 saturated carbocycles. The van der Waals surface area contributed by atoms with Crippen LogP contribution in [0.3, 0.4) is 0 Å². The highest BCUT2D eigenvalue weighted by Gasteiger charge is 2.56. The summed E-state index contributed by atoms with van der Waals surface area (Å²) in [7, 11) is 0. The number of hydrogen-bond acceptors (Lipinski definition) is 5. The van der Waals surface area contributed by atoms with Gasteiger partial charge in [-0.1, -0.05) is 11.6 Å². The lowest BCUT2D eigenvalue weighted by molar-refractivity contribution is -0.177. The Kier molecular flexibility index (Phi) is 4.03. The van der Waals surface area contributed by atoms with Gasteiger partial charge in [0.1, 0.15) is 6.10 Å². The fourth-order valence-corrected chi connectivity index (χ4v) is 6.92. The van der Waals surface area contributed by atoms with E-state index in [1.54, 1.807) is 15.5 Å². The van der Waals surface area contributed by atoms with E-state index in [9.17, 15) is 14.7 Å². The Morgan fingerprint density at radius 2 is 2.07 bits per heavy atom. The minimum atomic E-state index is -0.537. The van der Waals surface area contributed by atoms with Crippen LogP contribution in [0.25, 0.3) is 11.2 Å². The van der Waals surface area contributed by atoms with E-state index in [-0.39, 0.29) is 35.8 Å². The number of nitrogens with zero attached hydrogens (tertiary/aromatic N) is 3. The monoisotopic (exact) mass is 432 g/mol. The van der Waals surface area contributed by atoms with Crippen LogP contribution in [-0.4, -0.2) is 55.4 Å². The molecule has 8 nitrogen and oxygen atoms in total. The summed E-state index contributed by atoms with van der Waals surface area (Å²) in [4.78, 5) is 34.2.